The lowest BCUT2D eigenvalue weighted by Crippen LogP contribution is -2.26. The first-order chi connectivity index (χ1) is 9.51. The zero-order valence-corrected chi connectivity index (χ0v) is 14.2. The molecule has 0 aliphatic heterocycles. The van der Waals surface area contributed by atoms with Crippen LogP contribution in [-0.2, 0) is 21.3 Å². The summed E-state index contributed by atoms with van der Waals surface area (Å²) in [5, 5.41) is 3.18. The standard InChI is InChI=1S/C13H21BrN2O3S/c1-3-15-10-11-5-6-12(14)13(9-11)20(17,18)16-7-4-8-19-2/h5-6,9,15-16H,3-4,7-8,10H2,1-2H3. The highest BCUT2D eigenvalue weighted by molar-refractivity contribution is 9.10. The lowest BCUT2D eigenvalue weighted by atomic mass is 10.2. The molecule has 0 aliphatic carbocycles. The molecule has 5 nitrogen and oxygen atoms in total. The second-order valence-electron chi connectivity index (χ2n) is 4.29. The van der Waals surface area contributed by atoms with Crippen LogP contribution in [-0.4, -0.2) is 35.2 Å². The molecule has 0 atom stereocenters. The zero-order chi connectivity index (χ0) is 15.0. The fourth-order valence-corrected chi connectivity index (χ4v) is 3.72. The maximum atomic E-state index is 12.2. The van der Waals surface area contributed by atoms with E-state index in [1.54, 1.807) is 19.2 Å². The lowest BCUT2D eigenvalue weighted by molar-refractivity contribution is 0.196. The predicted molar refractivity (Wildman–Crippen MR) is 83.2 cm³/mol. The predicted octanol–water partition coefficient (Wildman–Crippen LogP) is 1.87. The van der Waals surface area contributed by atoms with Gasteiger partial charge in [0.15, 0.2) is 0 Å². The third kappa shape index (κ3) is 5.49. The molecular weight excluding hydrogens is 344 g/mol. The summed E-state index contributed by atoms with van der Waals surface area (Å²) in [6.07, 6.45) is 0.643. The van der Waals surface area contributed by atoms with Crippen LogP contribution in [0.2, 0.25) is 0 Å². The number of sulfonamides is 1. The Bertz CT molecular complexity index is 520. The highest BCUT2D eigenvalue weighted by Gasteiger charge is 2.17. The van der Waals surface area contributed by atoms with Crippen molar-refractivity contribution in [1.29, 1.82) is 0 Å². The molecule has 0 bridgehead atoms. The lowest BCUT2D eigenvalue weighted by Gasteiger charge is -2.10. The minimum absolute atomic E-state index is 0.269. The summed E-state index contributed by atoms with van der Waals surface area (Å²) >= 11 is 3.29. The molecule has 0 aliphatic rings. The summed E-state index contributed by atoms with van der Waals surface area (Å²) in [5.41, 5.74) is 0.937. The van der Waals surface area contributed by atoms with Crippen LogP contribution in [0.3, 0.4) is 0 Å². The molecule has 0 saturated carbocycles. The van der Waals surface area contributed by atoms with Gasteiger partial charge in [-0.25, -0.2) is 13.1 Å². The molecule has 0 radical (unpaired) electrons. The number of halogens is 1. The number of hydrogen-bond donors (Lipinski definition) is 2. The van der Waals surface area contributed by atoms with E-state index >= 15 is 0 Å². The Morgan fingerprint density at radius 1 is 1.35 bits per heavy atom. The summed E-state index contributed by atoms with van der Waals surface area (Å²) in [6, 6.07) is 5.35. The van der Waals surface area contributed by atoms with Gasteiger partial charge in [0, 0.05) is 31.3 Å². The topological polar surface area (TPSA) is 67.4 Å². The van der Waals surface area contributed by atoms with Crippen molar-refractivity contribution in [2.24, 2.45) is 0 Å². The molecule has 0 spiro atoms. The molecule has 0 aromatic heterocycles. The Balaban J connectivity index is 2.81. The van der Waals surface area contributed by atoms with Crippen LogP contribution >= 0.6 is 15.9 Å². The molecule has 0 unspecified atom stereocenters. The van der Waals surface area contributed by atoms with Crippen molar-refractivity contribution in [3.05, 3.63) is 28.2 Å². The summed E-state index contributed by atoms with van der Waals surface area (Å²) in [6.45, 7) is 4.39. The monoisotopic (exact) mass is 364 g/mol. The van der Waals surface area contributed by atoms with Crippen LogP contribution in [0.1, 0.15) is 18.9 Å². The van der Waals surface area contributed by atoms with E-state index in [1.807, 2.05) is 13.0 Å². The van der Waals surface area contributed by atoms with Gasteiger partial charge in [0.2, 0.25) is 10.0 Å². The van der Waals surface area contributed by atoms with Gasteiger partial charge in [-0.05, 0) is 46.6 Å². The molecule has 1 rings (SSSR count). The minimum Gasteiger partial charge on any atom is -0.385 e. The number of benzene rings is 1. The van der Waals surface area contributed by atoms with E-state index < -0.39 is 10.0 Å². The van der Waals surface area contributed by atoms with E-state index in [-0.39, 0.29) is 4.90 Å². The van der Waals surface area contributed by atoms with Crippen molar-refractivity contribution in [1.82, 2.24) is 10.0 Å². The average Bonchev–Trinajstić information content (AvgIpc) is 2.42. The Morgan fingerprint density at radius 3 is 2.75 bits per heavy atom. The maximum Gasteiger partial charge on any atom is 0.241 e. The number of rotatable bonds is 9. The molecule has 1 aromatic carbocycles. The second kappa shape index (κ2) is 8.74. The van der Waals surface area contributed by atoms with Gasteiger partial charge < -0.3 is 10.1 Å². The molecule has 0 heterocycles. The van der Waals surface area contributed by atoms with Crippen LogP contribution in [0.15, 0.2) is 27.6 Å². The van der Waals surface area contributed by atoms with E-state index in [2.05, 4.69) is 26.0 Å². The summed E-state index contributed by atoms with van der Waals surface area (Å²) < 4.78 is 32.5. The highest BCUT2D eigenvalue weighted by Crippen LogP contribution is 2.23. The first-order valence-corrected chi connectivity index (χ1v) is 8.76. The third-order valence-corrected chi connectivity index (χ3v) is 5.14. The third-order valence-electron chi connectivity index (χ3n) is 2.68. The normalized spacial score (nSPS) is 11.8. The first-order valence-electron chi connectivity index (χ1n) is 6.49. The fourth-order valence-electron chi connectivity index (χ4n) is 1.63. The second-order valence-corrected chi connectivity index (χ2v) is 6.88. The summed E-state index contributed by atoms with van der Waals surface area (Å²) in [7, 11) is -1.91. The fraction of sp³-hybridized carbons (Fsp3) is 0.538. The average molecular weight is 365 g/mol. The van der Waals surface area contributed by atoms with Crippen molar-refractivity contribution in [3.8, 4) is 0 Å². The van der Waals surface area contributed by atoms with Gasteiger partial charge in [-0.15, -0.1) is 0 Å². The molecule has 2 N–H and O–H groups in total. The molecule has 1 aromatic rings. The maximum absolute atomic E-state index is 12.2. The van der Waals surface area contributed by atoms with Crippen molar-refractivity contribution in [2.75, 3.05) is 26.8 Å². The van der Waals surface area contributed by atoms with Crippen LogP contribution < -0.4 is 10.0 Å². The number of methoxy groups -OCH3 is 1. The molecule has 0 fully saturated rings. The molecule has 7 heteroatoms. The quantitative estimate of drug-likeness (QED) is 0.656. The zero-order valence-electron chi connectivity index (χ0n) is 11.8. The van der Waals surface area contributed by atoms with Gasteiger partial charge in [-0.1, -0.05) is 13.0 Å². The van der Waals surface area contributed by atoms with Crippen LogP contribution in [0, 0.1) is 0 Å². The van der Waals surface area contributed by atoms with Crippen LogP contribution in [0.4, 0.5) is 0 Å². The Morgan fingerprint density at radius 2 is 2.10 bits per heavy atom. The first kappa shape index (κ1) is 17.6. The van der Waals surface area contributed by atoms with Crippen molar-refractivity contribution < 1.29 is 13.2 Å². The SMILES string of the molecule is CCNCc1ccc(Br)c(S(=O)(=O)NCCCOC)c1. The van der Waals surface area contributed by atoms with Crippen molar-refractivity contribution in [3.63, 3.8) is 0 Å². The number of nitrogens with one attached hydrogen (secondary N) is 2. The Hall–Kier alpha value is -0.470. The van der Waals surface area contributed by atoms with E-state index in [4.69, 9.17) is 4.74 Å². The summed E-state index contributed by atoms with van der Waals surface area (Å²) in [4.78, 5) is 0.269. The van der Waals surface area contributed by atoms with Gasteiger partial charge in [0.25, 0.3) is 0 Å². The van der Waals surface area contributed by atoms with Gasteiger partial charge in [0.05, 0.1) is 4.90 Å². The molecule has 0 saturated heterocycles. The molecule has 114 valence electrons. The molecular formula is C13H21BrN2O3S. The summed E-state index contributed by atoms with van der Waals surface area (Å²) in [5.74, 6) is 0. The number of ether oxygens (including phenoxy) is 1. The minimum atomic E-state index is -3.50. The van der Waals surface area contributed by atoms with Gasteiger partial charge in [0.1, 0.15) is 0 Å². The Kier molecular flexibility index (Phi) is 7.68. The van der Waals surface area contributed by atoms with E-state index in [0.717, 1.165) is 12.1 Å². The molecule has 0 amide bonds. The van der Waals surface area contributed by atoms with Gasteiger partial charge in [-0.3, -0.25) is 0 Å². The van der Waals surface area contributed by atoms with E-state index in [1.165, 1.54) is 0 Å². The van der Waals surface area contributed by atoms with Crippen molar-refractivity contribution >= 4 is 26.0 Å². The van der Waals surface area contributed by atoms with E-state index in [9.17, 15) is 8.42 Å². The Labute approximate surface area is 129 Å². The van der Waals surface area contributed by atoms with Crippen molar-refractivity contribution in [2.45, 2.75) is 24.8 Å². The smallest absolute Gasteiger partial charge is 0.241 e. The number of hydrogen-bond acceptors (Lipinski definition) is 4. The molecule has 20 heavy (non-hydrogen) atoms. The van der Waals surface area contributed by atoms with E-state index in [0.29, 0.717) is 30.6 Å². The van der Waals surface area contributed by atoms with Crippen LogP contribution in [0.5, 0.6) is 0 Å². The van der Waals surface area contributed by atoms with Gasteiger partial charge >= 0.3 is 0 Å². The largest absolute Gasteiger partial charge is 0.385 e. The highest BCUT2D eigenvalue weighted by atomic mass is 79.9. The van der Waals surface area contributed by atoms with Crippen LogP contribution in [0.25, 0.3) is 0 Å². The van der Waals surface area contributed by atoms with Gasteiger partial charge in [-0.2, -0.15) is 0 Å².